The van der Waals surface area contributed by atoms with Gasteiger partial charge in [-0.2, -0.15) is 13.2 Å². The van der Waals surface area contributed by atoms with Crippen LogP contribution in [0, 0.1) is 18.7 Å². The number of carboxylic acid groups (broad SMARTS) is 1. The number of likely N-dealkylation sites (tertiary alicyclic amines) is 1. The molecule has 36 heavy (non-hydrogen) atoms. The van der Waals surface area contributed by atoms with Crippen LogP contribution in [0.3, 0.4) is 0 Å². The first kappa shape index (κ1) is 29.2. The van der Waals surface area contributed by atoms with Crippen molar-refractivity contribution in [2.45, 2.75) is 32.5 Å². The van der Waals surface area contributed by atoms with Crippen LogP contribution in [-0.2, 0) is 11.3 Å². The highest BCUT2D eigenvalue weighted by Gasteiger charge is 2.38. The molecule has 0 aliphatic carbocycles. The van der Waals surface area contributed by atoms with Gasteiger partial charge in [-0.25, -0.2) is 19.0 Å². The first-order valence-electron chi connectivity index (χ1n) is 11.1. The number of halogens is 4. The molecule has 1 aliphatic rings. The van der Waals surface area contributed by atoms with E-state index in [1.807, 2.05) is 19.4 Å². The van der Waals surface area contributed by atoms with Crippen LogP contribution in [0.1, 0.15) is 33.9 Å². The van der Waals surface area contributed by atoms with Crippen molar-refractivity contribution in [3.8, 4) is 0 Å². The first-order chi connectivity index (χ1) is 16.8. The van der Waals surface area contributed by atoms with Gasteiger partial charge in [0, 0.05) is 30.2 Å². The summed E-state index contributed by atoms with van der Waals surface area (Å²) in [6.45, 7) is 5.08. The number of carbonyl (C=O) groups excluding carboxylic acids is 2. The topological polar surface area (TPSA) is 103 Å². The molecular weight excluding hydrogens is 504 g/mol. The van der Waals surface area contributed by atoms with Gasteiger partial charge in [0.05, 0.1) is 13.1 Å². The Bertz CT molecular complexity index is 1020. The SMILES string of the molecule is Cc1csc(CNC(=O)N(C)CC2CCN(CC(=O)c3ccc(F)cc3)CC2)n1.O=C(O)C(F)(F)F. The number of thiazole rings is 1. The Hall–Kier alpha value is -3.06. The van der Waals surface area contributed by atoms with Gasteiger partial charge in [0.1, 0.15) is 10.8 Å². The molecule has 0 radical (unpaired) electrons. The summed E-state index contributed by atoms with van der Waals surface area (Å²) in [5.74, 6) is -2.66. The molecule has 2 amide bonds. The third-order valence-corrected chi connectivity index (χ3v) is 6.39. The number of piperidine rings is 1. The number of aliphatic carboxylic acids is 1. The third-order valence-electron chi connectivity index (χ3n) is 5.42. The van der Waals surface area contributed by atoms with Crippen molar-refractivity contribution >= 4 is 29.1 Å². The molecule has 0 saturated carbocycles. The van der Waals surface area contributed by atoms with Gasteiger partial charge in [-0.05, 0) is 63.0 Å². The number of Topliss-reactive ketones (excluding diaryl/α,β-unsaturated/α-hetero) is 1. The minimum Gasteiger partial charge on any atom is -0.475 e. The van der Waals surface area contributed by atoms with Crippen molar-refractivity contribution in [1.82, 2.24) is 20.1 Å². The molecule has 13 heteroatoms. The number of alkyl halides is 3. The number of urea groups is 1. The fourth-order valence-corrected chi connectivity index (χ4v) is 4.21. The van der Waals surface area contributed by atoms with E-state index in [2.05, 4.69) is 15.2 Å². The largest absolute Gasteiger partial charge is 0.490 e. The van der Waals surface area contributed by atoms with Gasteiger partial charge < -0.3 is 15.3 Å². The second kappa shape index (κ2) is 13.3. The van der Waals surface area contributed by atoms with Gasteiger partial charge in [-0.3, -0.25) is 9.69 Å². The van der Waals surface area contributed by atoms with Gasteiger partial charge in [0.15, 0.2) is 5.78 Å². The van der Waals surface area contributed by atoms with Crippen molar-refractivity contribution in [2.24, 2.45) is 5.92 Å². The number of rotatable bonds is 7. The average molecular weight is 533 g/mol. The zero-order chi connectivity index (χ0) is 26.9. The number of hydrogen-bond donors (Lipinski definition) is 2. The molecule has 1 aromatic heterocycles. The Morgan fingerprint density at radius 3 is 2.28 bits per heavy atom. The molecule has 8 nitrogen and oxygen atoms in total. The molecule has 198 valence electrons. The summed E-state index contributed by atoms with van der Waals surface area (Å²) in [6, 6.07) is 5.61. The fourth-order valence-electron chi connectivity index (χ4n) is 3.50. The standard InChI is InChI=1S/C21H27FN4O2S.C2HF3O2/c1-15-14-29-20(24-15)11-23-21(28)25(2)12-16-7-9-26(10-8-16)13-19(27)17-3-5-18(22)6-4-17;3-2(4,5)1(6)7/h3-6,14,16H,7-13H2,1-2H3,(H,23,28);(H,6,7). The lowest BCUT2D eigenvalue weighted by Gasteiger charge is -2.33. The first-order valence-corrected chi connectivity index (χ1v) is 11.9. The minimum atomic E-state index is -5.08. The Labute approximate surface area is 209 Å². The molecule has 2 heterocycles. The minimum absolute atomic E-state index is 0.0115. The van der Waals surface area contributed by atoms with E-state index >= 15 is 0 Å². The van der Waals surface area contributed by atoms with Crippen LogP contribution in [0.4, 0.5) is 22.4 Å². The highest BCUT2D eigenvalue weighted by molar-refractivity contribution is 7.09. The van der Waals surface area contributed by atoms with Crippen molar-refractivity contribution < 1.29 is 37.1 Å². The summed E-state index contributed by atoms with van der Waals surface area (Å²) >= 11 is 1.55. The lowest BCUT2D eigenvalue weighted by molar-refractivity contribution is -0.192. The Kier molecular flexibility index (Phi) is 10.8. The third kappa shape index (κ3) is 9.90. The number of ketones is 1. The number of aryl methyl sites for hydroxylation is 1. The van der Waals surface area contributed by atoms with Gasteiger partial charge in [-0.1, -0.05) is 0 Å². The van der Waals surface area contributed by atoms with Crippen molar-refractivity contribution in [1.29, 1.82) is 0 Å². The van der Waals surface area contributed by atoms with E-state index in [0.717, 1.165) is 36.6 Å². The summed E-state index contributed by atoms with van der Waals surface area (Å²) < 4.78 is 44.7. The maximum absolute atomic E-state index is 13.0. The van der Waals surface area contributed by atoms with Gasteiger partial charge in [0.2, 0.25) is 0 Å². The zero-order valence-corrected chi connectivity index (χ0v) is 20.7. The summed E-state index contributed by atoms with van der Waals surface area (Å²) in [6.07, 6.45) is -3.19. The van der Waals surface area contributed by atoms with Gasteiger partial charge >= 0.3 is 18.2 Å². The van der Waals surface area contributed by atoms with Gasteiger partial charge in [-0.15, -0.1) is 11.3 Å². The monoisotopic (exact) mass is 532 g/mol. The van der Waals surface area contributed by atoms with E-state index in [1.54, 1.807) is 16.2 Å². The van der Waals surface area contributed by atoms with Crippen LogP contribution in [0.5, 0.6) is 0 Å². The molecule has 1 fully saturated rings. The molecule has 1 aromatic carbocycles. The van der Waals surface area contributed by atoms with Crippen molar-refractivity contribution in [3.05, 3.63) is 51.7 Å². The maximum atomic E-state index is 13.0. The lowest BCUT2D eigenvalue weighted by atomic mass is 9.96. The van der Waals surface area contributed by atoms with Crippen LogP contribution >= 0.6 is 11.3 Å². The molecule has 3 rings (SSSR count). The molecule has 1 saturated heterocycles. The molecule has 0 unspecified atom stereocenters. The van der Waals surface area contributed by atoms with Crippen molar-refractivity contribution in [3.63, 3.8) is 0 Å². The number of carboxylic acids is 1. The second-order valence-electron chi connectivity index (χ2n) is 8.37. The number of nitrogens with zero attached hydrogens (tertiary/aromatic N) is 3. The summed E-state index contributed by atoms with van der Waals surface area (Å²) in [5.41, 5.74) is 1.51. The zero-order valence-electron chi connectivity index (χ0n) is 19.8. The fraction of sp³-hybridized carbons (Fsp3) is 0.478. The Morgan fingerprint density at radius 1 is 1.19 bits per heavy atom. The highest BCUT2D eigenvalue weighted by atomic mass is 32.1. The van der Waals surface area contributed by atoms with E-state index in [-0.39, 0.29) is 17.6 Å². The van der Waals surface area contributed by atoms with Crippen LogP contribution < -0.4 is 5.32 Å². The van der Waals surface area contributed by atoms with Gasteiger partial charge in [0.25, 0.3) is 0 Å². The Morgan fingerprint density at radius 2 is 1.78 bits per heavy atom. The number of amides is 2. The van der Waals surface area contributed by atoms with Crippen LogP contribution in [0.15, 0.2) is 29.6 Å². The predicted molar refractivity (Wildman–Crippen MR) is 125 cm³/mol. The summed E-state index contributed by atoms with van der Waals surface area (Å²) in [7, 11) is 1.81. The van der Waals surface area contributed by atoms with Crippen LogP contribution in [0.25, 0.3) is 0 Å². The van der Waals surface area contributed by atoms with E-state index in [4.69, 9.17) is 9.90 Å². The molecular formula is C23H28F4N4O4S. The van der Waals surface area contributed by atoms with E-state index in [0.29, 0.717) is 31.1 Å². The lowest BCUT2D eigenvalue weighted by Crippen LogP contribution is -2.43. The van der Waals surface area contributed by atoms with Crippen molar-refractivity contribution in [2.75, 3.05) is 33.2 Å². The summed E-state index contributed by atoms with van der Waals surface area (Å²) in [4.78, 5) is 41.7. The number of nitrogens with one attached hydrogen (secondary N) is 1. The molecule has 0 spiro atoms. The van der Waals surface area contributed by atoms with Crippen LogP contribution in [-0.4, -0.2) is 77.1 Å². The van der Waals surface area contributed by atoms with Crippen LogP contribution in [0.2, 0.25) is 0 Å². The molecule has 2 N–H and O–H groups in total. The normalized spacial score (nSPS) is 14.5. The maximum Gasteiger partial charge on any atom is 0.490 e. The Balaban J connectivity index is 0.000000572. The number of carbonyl (C=O) groups is 3. The quantitative estimate of drug-likeness (QED) is 0.414. The highest BCUT2D eigenvalue weighted by Crippen LogP contribution is 2.19. The predicted octanol–water partition coefficient (Wildman–Crippen LogP) is 3.96. The molecule has 0 atom stereocenters. The molecule has 2 aromatic rings. The summed E-state index contributed by atoms with van der Waals surface area (Å²) in [5, 5.41) is 12.9. The van der Waals surface area contributed by atoms with E-state index < -0.39 is 12.1 Å². The number of hydrogen-bond acceptors (Lipinski definition) is 6. The molecule has 0 bridgehead atoms. The number of benzene rings is 1. The number of aromatic nitrogens is 1. The average Bonchev–Trinajstić information content (AvgIpc) is 3.24. The smallest absolute Gasteiger partial charge is 0.475 e. The van der Waals surface area contributed by atoms with E-state index in [9.17, 15) is 27.2 Å². The molecule has 1 aliphatic heterocycles. The van der Waals surface area contributed by atoms with E-state index in [1.165, 1.54) is 24.3 Å². The second-order valence-corrected chi connectivity index (χ2v) is 9.32.